The van der Waals surface area contributed by atoms with Crippen LogP contribution in [0.1, 0.15) is 12.8 Å². The number of rotatable bonds is 3. The van der Waals surface area contributed by atoms with E-state index in [0.29, 0.717) is 11.8 Å². The largest absolute Gasteiger partial charge is 0.390 e. The summed E-state index contributed by atoms with van der Waals surface area (Å²) in [6.07, 6.45) is 2.00. The third-order valence-electron chi connectivity index (χ3n) is 2.41. The van der Waals surface area contributed by atoms with Gasteiger partial charge in [0.1, 0.15) is 0 Å². The molecule has 0 saturated carbocycles. The molecular formula is C8H16NOS. The maximum absolute atomic E-state index is 8.66. The second-order valence-electron chi connectivity index (χ2n) is 3.11. The van der Waals surface area contributed by atoms with E-state index >= 15 is 0 Å². The van der Waals surface area contributed by atoms with Crippen LogP contribution in [0.25, 0.3) is 0 Å². The molecule has 1 aliphatic rings. The lowest BCUT2D eigenvalue weighted by molar-refractivity contribution is 0.238. The summed E-state index contributed by atoms with van der Waals surface area (Å²) in [6, 6.07) is 0. The minimum absolute atomic E-state index is 0.635. The molecule has 2 N–H and O–H groups in total. The van der Waals surface area contributed by atoms with Crippen LogP contribution in [0.15, 0.2) is 0 Å². The molecule has 65 valence electrons. The number of nitrogens with one attached hydrogen (secondary N) is 1. The maximum atomic E-state index is 8.66. The Balaban J connectivity index is 2.31. The summed E-state index contributed by atoms with van der Waals surface area (Å²) in [7, 11) is 0. The van der Waals surface area contributed by atoms with Crippen molar-refractivity contribution in [3.8, 4) is 0 Å². The number of aliphatic hydroxyl groups excluding tert-OH is 1. The van der Waals surface area contributed by atoms with Gasteiger partial charge >= 0.3 is 0 Å². The lowest BCUT2D eigenvalue weighted by atomic mass is 9.85. The normalized spacial score (nSPS) is 32.2. The van der Waals surface area contributed by atoms with Crippen LogP contribution < -0.4 is 5.32 Å². The Hall–Kier alpha value is 0.270. The summed E-state index contributed by atoms with van der Waals surface area (Å²) in [4.78, 5) is 0. The number of aliphatic hydroxyl groups is 1. The van der Waals surface area contributed by atoms with Crippen molar-refractivity contribution >= 4 is 12.6 Å². The van der Waals surface area contributed by atoms with Gasteiger partial charge in [0.15, 0.2) is 0 Å². The van der Waals surface area contributed by atoms with Gasteiger partial charge in [-0.2, -0.15) is 12.6 Å². The van der Waals surface area contributed by atoms with Crippen LogP contribution in [-0.2, 0) is 0 Å². The molecular weight excluding hydrogens is 158 g/mol. The van der Waals surface area contributed by atoms with E-state index in [1.165, 1.54) is 13.0 Å². The Bertz CT molecular complexity index is 108. The summed E-state index contributed by atoms with van der Waals surface area (Å²) in [5, 5.41) is 12.0. The fraction of sp³-hybridized carbons (Fsp3) is 0.875. The van der Waals surface area contributed by atoms with Gasteiger partial charge in [-0.25, -0.2) is 0 Å². The van der Waals surface area contributed by atoms with Crippen molar-refractivity contribution in [2.24, 2.45) is 11.8 Å². The van der Waals surface area contributed by atoms with Gasteiger partial charge in [-0.3, -0.25) is 0 Å². The highest BCUT2D eigenvalue weighted by molar-refractivity contribution is 7.80. The van der Waals surface area contributed by atoms with Crippen molar-refractivity contribution in [1.82, 2.24) is 5.32 Å². The molecule has 1 saturated heterocycles. The zero-order valence-electron chi connectivity index (χ0n) is 6.66. The molecule has 1 radical (unpaired) electrons. The minimum Gasteiger partial charge on any atom is -0.390 e. The van der Waals surface area contributed by atoms with Crippen LogP contribution in [0.3, 0.4) is 0 Å². The van der Waals surface area contributed by atoms with E-state index < -0.39 is 0 Å². The number of thiol groups is 1. The fourth-order valence-corrected chi connectivity index (χ4v) is 2.06. The van der Waals surface area contributed by atoms with Crippen molar-refractivity contribution < 1.29 is 5.11 Å². The van der Waals surface area contributed by atoms with E-state index in [4.69, 9.17) is 5.11 Å². The second-order valence-corrected chi connectivity index (χ2v) is 3.48. The SMILES string of the molecule is O[CH]CC1CCNCC1CS. The van der Waals surface area contributed by atoms with Crippen LogP contribution in [0, 0.1) is 18.4 Å². The zero-order valence-corrected chi connectivity index (χ0v) is 7.56. The average molecular weight is 174 g/mol. The van der Waals surface area contributed by atoms with Crippen LogP contribution in [0.2, 0.25) is 0 Å². The van der Waals surface area contributed by atoms with E-state index in [-0.39, 0.29) is 0 Å². The quantitative estimate of drug-likeness (QED) is 0.559. The molecule has 2 unspecified atom stereocenters. The molecule has 0 aliphatic carbocycles. The first-order chi connectivity index (χ1) is 5.38. The summed E-state index contributed by atoms with van der Waals surface area (Å²) in [5.74, 6) is 2.19. The molecule has 0 spiro atoms. The lowest BCUT2D eigenvalue weighted by Gasteiger charge is -2.30. The Morgan fingerprint density at radius 2 is 2.36 bits per heavy atom. The van der Waals surface area contributed by atoms with Crippen molar-refractivity contribution in [3.63, 3.8) is 0 Å². The summed E-state index contributed by atoms with van der Waals surface area (Å²) in [5.41, 5.74) is 0. The first-order valence-corrected chi connectivity index (χ1v) is 4.79. The van der Waals surface area contributed by atoms with Crippen LogP contribution in [0.4, 0.5) is 0 Å². The van der Waals surface area contributed by atoms with Crippen LogP contribution in [-0.4, -0.2) is 23.9 Å². The Kier molecular flexibility index (Phi) is 4.26. The first-order valence-electron chi connectivity index (χ1n) is 4.16. The predicted octanol–water partition coefficient (Wildman–Crippen LogP) is 1.07. The minimum atomic E-state index is 0.635. The fourth-order valence-electron chi connectivity index (χ4n) is 1.64. The molecule has 2 nitrogen and oxygen atoms in total. The first kappa shape index (κ1) is 9.36. The Morgan fingerprint density at radius 3 is 3.00 bits per heavy atom. The van der Waals surface area contributed by atoms with E-state index in [9.17, 15) is 0 Å². The third kappa shape index (κ3) is 2.65. The third-order valence-corrected chi connectivity index (χ3v) is 2.88. The summed E-state index contributed by atoms with van der Waals surface area (Å²) >= 11 is 4.28. The highest BCUT2D eigenvalue weighted by Crippen LogP contribution is 2.23. The van der Waals surface area contributed by atoms with Gasteiger partial charge in [0.25, 0.3) is 0 Å². The van der Waals surface area contributed by atoms with E-state index in [1.54, 1.807) is 0 Å². The standard InChI is InChI=1S/C8H16NOS/c10-4-2-7-1-3-9-5-8(7)6-11/h4,7-11H,1-3,5-6H2. The smallest absolute Gasteiger partial charge is 0.0802 e. The molecule has 0 amide bonds. The number of piperidine rings is 1. The average Bonchev–Trinajstić information content (AvgIpc) is 2.06. The molecule has 1 fully saturated rings. The van der Waals surface area contributed by atoms with Crippen molar-refractivity contribution in [2.75, 3.05) is 18.8 Å². The maximum Gasteiger partial charge on any atom is 0.0802 e. The second kappa shape index (κ2) is 5.01. The van der Waals surface area contributed by atoms with Crippen LogP contribution in [0.5, 0.6) is 0 Å². The Labute approximate surface area is 73.8 Å². The van der Waals surface area contributed by atoms with Gasteiger partial charge in [-0.05, 0) is 43.5 Å². The molecule has 3 heteroatoms. The van der Waals surface area contributed by atoms with Crippen molar-refractivity contribution in [3.05, 3.63) is 6.61 Å². The van der Waals surface area contributed by atoms with E-state index in [0.717, 1.165) is 25.3 Å². The van der Waals surface area contributed by atoms with Gasteiger partial charge in [-0.15, -0.1) is 0 Å². The number of hydrogen-bond acceptors (Lipinski definition) is 3. The van der Waals surface area contributed by atoms with Gasteiger partial charge < -0.3 is 10.4 Å². The molecule has 0 aromatic carbocycles. The number of hydrogen-bond donors (Lipinski definition) is 3. The van der Waals surface area contributed by atoms with Gasteiger partial charge in [0.05, 0.1) is 6.61 Å². The van der Waals surface area contributed by atoms with Crippen molar-refractivity contribution in [2.45, 2.75) is 12.8 Å². The van der Waals surface area contributed by atoms with Crippen molar-refractivity contribution in [1.29, 1.82) is 0 Å². The highest BCUT2D eigenvalue weighted by atomic mass is 32.1. The Morgan fingerprint density at radius 1 is 1.55 bits per heavy atom. The van der Waals surface area contributed by atoms with E-state index in [2.05, 4.69) is 17.9 Å². The predicted molar refractivity (Wildman–Crippen MR) is 49.2 cm³/mol. The van der Waals surface area contributed by atoms with Gasteiger partial charge in [0.2, 0.25) is 0 Å². The highest BCUT2D eigenvalue weighted by Gasteiger charge is 2.22. The zero-order chi connectivity index (χ0) is 8.10. The molecule has 0 aromatic rings. The molecule has 0 aromatic heterocycles. The van der Waals surface area contributed by atoms with E-state index in [1.807, 2.05) is 0 Å². The molecule has 1 rings (SSSR count). The topological polar surface area (TPSA) is 32.3 Å². The van der Waals surface area contributed by atoms with Gasteiger partial charge in [-0.1, -0.05) is 0 Å². The summed E-state index contributed by atoms with van der Waals surface area (Å²) < 4.78 is 0. The molecule has 0 bridgehead atoms. The summed E-state index contributed by atoms with van der Waals surface area (Å²) in [6.45, 7) is 3.43. The lowest BCUT2D eigenvalue weighted by Crippen LogP contribution is -2.37. The monoisotopic (exact) mass is 174 g/mol. The molecule has 1 aliphatic heterocycles. The molecule has 1 heterocycles. The molecule has 2 atom stereocenters. The van der Waals surface area contributed by atoms with Gasteiger partial charge in [0, 0.05) is 0 Å². The molecule has 11 heavy (non-hydrogen) atoms. The van der Waals surface area contributed by atoms with Crippen LogP contribution >= 0.6 is 12.6 Å².